The van der Waals surface area contributed by atoms with E-state index in [2.05, 4.69) is 37.5 Å². The molecule has 0 saturated heterocycles. The lowest BCUT2D eigenvalue weighted by Gasteiger charge is -2.11. The first-order valence-corrected chi connectivity index (χ1v) is 7.81. The fourth-order valence-electron chi connectivity index (χ4n) is 2.07. The van der Waals surface area contributed by atoms with Gasteiger partial charge in [0.15, 0.2) is 17.0 Å². The van der Waals surface area contributed by atoms with Gasteiger partial charge < -0.3 is 10.6 Å². The van der Waals surface area contributed by atoms with Gasteiger partial charge >= 0.3 is 0 Å². The van der Waals surface area contributed by atoms with E-state index in [9.17, 15) is 0 Å². The first kappa shape index (κ1) is 15.4. The predicted octanol–water partition coefficient (Wildman–Crippen LogP) is 3.95. The van der Waals surface area contributed by atoms with E-state index in [1.807, 2.05) is 25.1 Å². The Hall–Kier alpha value is -2.47. The van der Waals surface area contributed by atoms with Crippen LogP contribution in [0, 0.1) is 6.92 Å². The zero-order valence-electron chi connectivity index (χ0n) is 13.0. The standard InChI is InChI=1S/C16H17ClN6/c1-3-6-20-16-22-14-13(18-7-8-19-14)15(23-16)21-11-5-4-10(2)12(17)9-11/h4-5,7-9H,3,6H2,1-2H3,(H2,19,20,21,22,23). The van der Waals surface area contributed by atoms with E-state index in [0.29, 0.717) is 28.0 Å². The summed E-state index contributed by atoms with van der Waals surface area (Å²) in [5, 5.41) is 7.13. The Morgan fingerprint density at radius 1 is 1.13 bits per heavy atom. The molecule has 0 aliphatic heterocycles. The van der Waals surface area contributed by atoms with E-state index in [1.165, 1.54) is 0 Å². The van der Waals surface area contributed by atoms with Crippen molar-refractivity contribution in [3.8, 4) is 0 Å². The predicted molar refractivity (Wildman–Crippen MR) is 93.4 cm³/mol. The van der Waals surface area contributed by atoms with Crippen molar-refractivity contribution in [3.05, 3.63) is 41.2 Å². The van der Waals surface area contributed by atoms with Crippen LogP contribution in [0.1, 0.15) is 18.9 Å². The Kier molecular flexibility index (Phi) is 4.52. The molecule has 3 rings (SSSR count). The lowest BCUT2D eigenvalue weighted by Crippen LogP contribution is -2.07. The molecule has 2 aromatic heterocycles. The van der Waals surface area contributed by atoms with Gasteiger partial charge in [0.25, 0.3) is 0 Å². The second-order valence-electron chi connectivity index (χ2n) is 5.14. The van der Waals surface area contributed by atoms with Gasteiger partial charge in [-0.3, -0.25) is 0 Å². The molecule has 0 saturated carbocycles. The summed E-state index contributed by atoms with van der Waals surface area (Å²) in [6.45, 7) is 4.84. The maximum absolute atomic E-state index is 6.19. The lowest BCUT2D eigenvalue weighted by molar-refractivity contribution is 0.955. The molecule has 0 unspecified atom stereocenters. The van der Waals surface area contributed by atoms with E-state index < -0.39 is 0 Å². The largest absolute Gasteiger partial charge is 0.354 e. The first-order valence-electron chi connectivity index (χ1n) is 7.43. The van der Waals surface area contributed by atoms with E-state index in [4.69, 9.17) is 11.6 Å². The first-order chi connectivity index (χ1) is 11.2. The molecule has 3 aromatic rings. The Balaban J connectivity index is 2.01. The van der Waals surface area contributed by atoms with Crippen LogP contribution in [0.3, 0.4) is 0 Å². The van der Waals surface area contributed by atoms with Gasteiger partial charge in [-0.2, -0.15) is 9.97 Å². The van der Waals surface area contributed by atoms with Gasteiger partial charge in [0.05, 0.1) is 0 Å². The molecule has 0 fully saturated rings. The van der Waals surface area contributed by atoms with Crippen molar-refractivity contribution >= 4 is 40.2 Å². The number of nitrogens with zero attached hydrogens (tertiary/aromatic N) is 4. The molecule has 2 heterocycles. The fourth-order valence-corrected chi connectivity index (χ4v) is 2.25. The van der Waals surface area contributed by atoms with Gasteiger partial charge in [-0.25, -0.2) is 9.97 Å². The quantitative estimate of drug-likeness (QED) is 0.738. The van der Waals surface area contributed by atoms with Gasteiger partial charge in [0.1, 0.15) is 0 Å². The number of nitrogens with one attached hydrogen (secondary N) is 2. The van der Waals surface area contributed by atoms with E-state index >= 15 is 0 Å². The normalized spacial score (nSPS) is 10.7. The zero-order chi connectivity index (χ0) is 16.2. The number of hydrogen-bond donors (Lipinski definition) is 2. The summed E-state index contributed by atoms with van der Waals surface area (Å²) in [5.74, 6) is 1.13. The summed E-state index contributed by atoms with van der Waals surface area (Å²) >= 11 is 6.19. The number of benzene rings is 1. The molecule has 118 valence electrons. The monoisotopic (exact) mass is 328 g/mol. The van der Waals surface area contributed by atoms with Crippen LogP contribution in [0.25, 0.3) is 11.2 Å². The summed E-state index contributed by atoms with van der Waals surface area (Å²) in [5.41, 5.74) is 3.02. The highest BCUT2D eigenvalue weighted by Crippen LogP contribution is 2.25. The van der Waals surface area contributed by atoms with Gasteiger partial charge in [0.2, 0.25) is 5.95 Å². The van der Waals surface area contributed by atoms with Crippen molar-refractivity contribution in [2.45, 2.75) is 20.3 Å². The fraction of sp³-hybridized carbons (Fsp3) is 0.250. The third-order valence-electron chi connectivity index (χ3n) is 3.30. The maximum Gasteiger partial charge on any atom is 0.226 e. The van der Waals surface area contributed by atoms with Gasteiger partial charge in [-0.05, 0) is 31.0 Å². The molecule has 0 bridgehead atoms. The van der Waals surface area contributed by atoms with Crippen LogP contribution in [0.4, 0.5) is 17.5 Å². The van der Waals surface area contributed by atoms with E-state index in [1.54, 1.807) is 12.4 Å². The molecule has 0 atom stereocenters. The van der Waals surface area contributed by atoms with Crippen molar-refractivity contribution in [2.24, 2.45) is 0 Å². The SMILES string of the molecule is CCCNc1nc(Nc2ccc(C)c(Cl)c2)c2nccnc2n1. The summed E-state index contributed by atoms with van der Waals surface area (Å²) in [6, 6.07) is 5.76. The number of rotatable bonds is 5. The molecule has 7 heteroatoms. The molecule has 6 nitrogen and oxygen atoms in total. The molecule has 2 N–H and O–H groups in total. The van der Waals surface area contributed by atoms with Crippen LogP contribution in [0.15, 0.2) is 30.6 Å². The Bertz CT molecular complexity index is 836. The molecule has 0 radical (unpaired) electrons. The molecular weight excluding hydrogens is 312 g/mol. The Morgan fingerprint density at radius 3 is 2.74 bits per heavy atom. The average Bonchev–Trinajstić information content (AvgIpc) is 2.56. The molecule has 0 aliphatic rings. The van der Waals surface area contributed by atoms with Crippen LogP contribution in [0.2, 0.25) is 5.02 Å². The number of fused-ring (bicyclic) bond motifs is 1. The van der Waals surface area contributed by atoms with E-state index in [0.717, 1.165) is 24.2 Å². The smallest absolute Gasteiger partial charge is 0.226 e. The average molecular weight is 329 g/mol. The molecule has 23 heavy (non-hydrogen) atoms. The minimum Gasteiger partial charge on any atom is -0.354 e. The van der Waals surface area contributed by atoms with Crippen LogP contribution in [-0.2, 0) is 0 Å². The third-order valence-corrected chi connectivity index (χ3v) is 3.71. The molecule has 0 amide bonds. The summed E-state index contributed by atoms with van der Waals surface area (Å²) in [6.07, 6.45) is 4.22. The number of aromatic nitrogens is 4. The number of anilines is 3. The van der Waals surface area contributed by atoms with Crippen molar-refractivity contribution in [1.82, 2.24) is 19.9 Å². The zero-order valence-corrected chi connectivity index (χ0v) is 13.7. The van der Waals surface area contributed by atoms with Crippen LogP contribution in [-0.4, -0.2) is 26.5 Å². The minimum atomic E-state index is 0.528. The highest BCUT2D eigenvalue weighted by Gasteiger charge is 2.10. The van der Waals surface area contributed by atoms with Gasteiger partial charge in [0, 0.05) is 29.6 Å². The van der Waals surface area contributed by atoms with Crippen molar-refractivity contribution in [2.75, 3.05) is 17.2 Å². The van der Waals surface area contributed by atoms with Crippen LogP contribution < -0.4 is 10.6 Å². The maximum atomic E-state index is 6.19. The summed E-state index contributed by atoms with van der Waals surface area (Å²) in [7, 11) is 0. The molecule has 0 aliphatic carbocycles. The van der Waals surface area contributed by atoms with Crippen molar-refractivity contribution in [3.63, 3.8) is 0 Å². The Labute approximate surface area is 139 Å². The van der Waals surface area contributed by atoms with Gasteiger partial charge in [-0.1, -0.05) is 24.6 Å². The number of hydrogen-bond acceptors (Lipinski definition) is 6. The van der Waals surface area contributed by atoms with E-state index in [-0.39, 0.29) is 0 Å². The topological polar surface area (TPSA) is 75.6 Å². The van der Waals surface area contributed by atoms with Gasteiger partial charge in [-0.15, -0.1) is 0 Å². The van der Waals surface area contributed by atoms with Crippen molar-refractivity contribution in [1.29, 1.82) is 0 Å². The molecule has 0 spiro atoms. The lowest BCUT2D eigenvalue weighted by atomic mass is 10.2. The highest BCUT2D eigenvalue weighted by molar-refractivity contribution is 6.31. The highest BCUT2D eigenvalue weighted by atomic mass is 35.5. The summed E-state index contributed by atoms with van der Waals surface area (Å²) < 4.78 is 0. The Morgan fingerprint density at radius 2 is 1.96 bits per heavy atom. The third kappa shape index (κ3) is 3.48. The van der Waals surface area contributed by atoms with Crippen molar-refractivity contribution < 1.29 is 0 Å². The molecular formula is C16H17ClN6. The van der Waals surface area contributed by atoms with Crippen LogP contribution in [0.5, 0.6) is 0 Å². The van der Waals surface area contributed by atoms with Crippen LogP contribution >= 0.6 is 11.6 Å². The number of aryl methyl sites for hydroxylation is 1. The number of halogens is 1. The molecule has 1 aromatic carbocycles. The summed E-state index contributed by atoms with van der Waals surface area (Å²) in [4.78, 5) is 17.5. The second-order valence-corrected chi connectivity index (χ2v) is 5.55. The minimum absolute atomic E-state index is 0.528. The second kappa shape index (κ2) is 6.75.